The molecule has 2 unspecified atom stereocenters. The Balaban J connectivity index is 1.86. The van der Waals surface area contributed by atoms with Gasteiger partial charge in [0, 0.05) is 0 Å². The first-order valence-electron chi connectivity index (χ1n) is 5.83. The van der Waals surface area contributed by atoms with Gasteiger partial charge in [-0.25, -0.2) is 0 Å². The molecule has 0 radical (unpaired) electrons. The summed E-state index contributed by atoms with van der Waals surface area (Å²) in [6, 6.07) is 0. The molecule has 0 aromatic heterocycles. The van der Waals surface area contributed by atoms with Crippen molar-refractivity contribution in [2.24, 2.45) is 22.7 Å². The van der Waals surface area contributed by atoms with E-state index in [0.29, 0.717) is 0 Å². The van der Waals surface area contributed by atoms with Crippen LogP contribution in [-0.2, 0) is 0 Å². The van der Waals surface area contributed by atoms with E-state index in [1.807, 2.05) is 0 Å². The lowest BCUT2D eigenvalue weighted by Crippen LogP contribution is -2.20. The average Bonchev–Trinajstić information content (AvgIpc) is 2.95. The summed E-state index contributed by atoms with van der Waals surface area (Å²) >= 11 is 0. The lowest BCUT2D eigenvalue weighted by Gasteiger charge is -2.26. The van der Waals surface area contributed by atoms with E-state index in [9.17, 15) is 0 Å². The van der Waals surface area contributed by atoms with Crippen LogP contribution in [0, 0.1) is 22.7 Å². The highest BCUT2D eigenvalue weighted by Crippen LogP contribution is 2.70. The standard InChI is InChI=1S/C13H20/c1-3-10-11(12(2)6-7-12)4-5-13(10)8-9-13/h3,10-11H,1,4-9H2,2H3. The zero-order valence-corrected chi connectivity index (χ0v) is 8.68. The second kappa shape index (κ2) is 2.21. The molecule has 0 aromatic rings. The maximum Gasteiger partial charge on any atom is -0.0146 e. The molecule has 0 heterocycles. The highest BCUT2D eigenvalue weighted by Gasteiger charge is 2.60. The van der Waals surface area contributed by atoms with E-state index in [-0.39, 0.29) is 0 Å². The smallest absolute Gasteiger partial charge is 0.0146 e. The fraction of sp³-hybridized carbons (Fsp3) is 0.846. The van der Waals surface area contributed by atoms with Gasteiger partial charge in [-0.3, -0.25) is 0 Å². The van der Waals surface area contributed by atoms with E-state index < -0.39 is 0 Å². The van der Waals surface area contributed by atoms with Crippen molar-refractivity contribution in [3.63, 3.8) is 0 Å². The summed E-state index contributed by atoms with van der Waals surface area (Å²) in [6.07, 6.45) is 11.2. The summed E-state index contributed by atoms with van der Waals surface area (Å²) in [5, 5.41) is 0. The normalized spacial score (nSPS) is 43.5. The number of hydrogen-bond acceptors (Lipinski definition) is 0. The Kier molecular flexibility index (Phi) is 1.38. The van der Waals surface area contributed by atoms with Crippen molar-refractivity contribution in [3.8, 4) is 0 Å². The molecular formula is C13H20. The van der Waals surface area contributed by atoms with Gasteiger partial charge >= 0.3 is 0 Å². The summed E-state index contributed by atoms with van der Waals surface area (Å²) in [4.78, 5) is 0. The molecule has 3 rings (SSSR count). The zero-order valence-electron chi connectivity index (χ0n) is 8.68. The van der Waals surface area contributed by atoms with Crippen LogP contribution in [0.25, 0.3) is 0 Å². The van der Waals surface area contributed by atoms with Crippen LogP contribution >= 0.6 is 0 Å². The lowest BCUT2D eigenvalue weighted by molar-refractivity contribution is 0.258. The Morgan fingerprint density at radius 3 is 2.31 bits per heavy atom. The van der Waals surface area contributed by atoms with E-state index in [4.69, 9.17) is 0 Å². The van der Waals surface area contributed by atoms with Gasteiger partial charge in [-0.1, -0.05) is 13.0 Å². The maximum absolute atomic E-state index is 4.07. The molecule has 0 aromatic carbocycles. The molecule has 0 heteroatoms. The van der Waals surface area contributed by atoms with Crippen molar-refractivity contribution in [2.45, 2.75) is 45.4 Å². The minimum Gasteiger partial charge on any atom is -0.103 e. The van der Waals surface area contributed by atoms with Gasteiger partial charge in [0.1, 0.15) is 0 Å². The van der Waals surface area contributed by atoms with Gasteiger partial charge in [-0.15, -0.1) is 6.58 Å². The van der Waals surface area contributed by atoms with Crippen molar-refractivity contribution < 1.29 is 0 Å². The SMILES string of the molecule is C=CC1C(C2(C)CC2)CCC12CC2. The molecule has 0 N–H and O–H groups in total. The molecule has 0 aliphatic heterocycles. The zero-order chi connectivity index (χ0) is 9.10. The first-order valence-corrected chi connectivity index (χ1v) is 5.83. The van der Waals surface area contributed by atoms with Crippen molar-refractivity contribution in [3.05, 3.63) is 12.7 Å². The Bertz CT molecular complexity index is 243. The average molecular weight is 176 g/mol. The molecule has 0 nitrogen and oxygen atoms in total. The van der Waals surface area contributed by atoms with Crippen LogP contribution in [0.5, 0.6) is 0 Å². The summed E-state index contributed by atoms with van der Waals surface area (Å²) in [7, 11) is 0. The number of allylic oxidation sites excluding steroid dienone is 1. The third-order valence-electron chi connectivity index (χ3n) is 5.17. The summed E-state index contributed by atoms with van der Waals surface area (Å²) < 4.78 is 0. The lowest BCUT2D eigenvalue weighted by atomic mass is 9.78. The molecule has 0 amide bonds. The molecule has 2 atom stereocenters. The largest absolute Gasteiger partial charge is 0.103 e. The van der Waals surface area contributed by atoms with E-state index in [1.165, 1.54) is 38.5 Å². The summed E-state index contributed by atoms with van der Waals surface area (Å²) in [5.41, 5.74) is 1.49. The minimum absolute atomic E-state index is 0.727. The Morgan fingerprint density at radius 1 is 1.15 bits per heavy atom. The molecule has 3 saturated carbocycles. The third kappa shape index (κ3) is 0.978. The molecule has 0 saturated heterocycles. The molecule has 3 aliphatic rings. The Hall–Kier alpha value is -0.260. The van der Waals surface area contributed by atoms with Crippen molar-refractivity contribution in [1.82, 2.24) is 0 Å². The van der Waals surface area contributed by atoms with E-state index >= 15 is 0 Å². The van der Waals surface area contributed by atoms with Gasteiger partial charge in [0.15, 0.2) is 0 Å². The van der Waals surface area contributed by atoms with Gasteiger partial charge in [0.2, 0.25) is 0 Å². The topological polar surface area (TPSA) is 0 Å². The third-order valence-corrected chi connectivity index (χ3v) is 5.17. The molecule has 3 aliphatic carbocycles. The monoisotopic (exact) mass is 176 g/mol. The minimum atomic E-state index is 0.727. The van der Waals surface area contributed by atoms with Crippen LogP contribution in [0.3, 0.4) is 0 Å². The van der Waals surface area contributed by atoms with Crippen molar-refractivity contribution in [1.29, 1.82) is 0 Å². The van der Waals surface area contributed by atoms with Crippen LogP contribution in [0.1, 0.15) is 45.4 Å². The Morgan fingerprint density at radius 2 is 1.85 bits per heavy atom. The van der Waals surface area contributed by atoms with Gasteiger partial charge in [-0.2, -0.15) is 0 Å². The highest BCUT2D eigenvalue weighted by molar-refractivity contribution is 5.15. The highest BCUT2D eigenvalue weighted by atomic mass is 14.6. The van der Waals surface area contributed by atoms with Crippen LogP contribution in [0.2, 0.25) is 0 Å². The van der Waals surface area contributed by atoms with Crippen molar-refractivity contribution in [2.75, 3.05) is 0 Å². The first kappa shape index (κ1) is 8.08. The molecule has 13 heavy (non-hydrogen) atoms. The Labute approximate surface area is 81.4 Å². The maximum atomic E-state index is 4.07. The van der Waals surface area contributed by atoms with Crippen LogP contribution in [0.4, 0.5) is 0 Å². The summed E-state index contributed by atoms with van der Waals surface area (Å²) in [6.45, 7) is 6.57. The number of rotatable bonds is 2. The molecule has 72 valence electrons. The van der Waals surface area contributed by atoms with Gasteiger partial charge in [-0.05, 0) is 61.2 Å². The number of hydrogen-bond donors (Lipinski definition) is 0. The quantitative estimate of drug-likeness (QED) is 0.562. The molecule has 1 spiro atoms. The molecular weight excluding hydrogens is 156 g/mol. The van der Waals surface area contributed by atoms with Crippen LogP contribution in [0.15, 0.2) is 12.7 Å². The second-order valence-corrected chi connectivity index (χ2v) is 5.92. The molecule has 0 bridgehead atoms. The fourth-order valence-corrected chi connectivity index (χ4v) is 3.72. The fourth-order valence-electron chi connectivity index (χ4n) is 3.72. The first-order chi connectivity index (χ1) is 6.20. The predicted molar refractivity (Wildman–Crippen MR) is 55.4 cm³/mol. The van der Waals surface area contributed by atoms with Gasteiger partial charge in [0.25, 0.3) is 0 Å². The van der Waals surface area contributed by atoms with Crippen LogP contribution in [-0.4, -0.2) is 0 Å². The summed E-state index contributed by atoms with van der Waals surface area (Å²) in [5.74, 6) is 1.87. The van der Waals surface area contributed by atoms with Crippen LogP contribution < -0.4 is 0 Å². The van der Waals surface area contributed by atoms with E-state index in [1.54, 1.807) is 0 Å². The van der Waals surface area contributed by atoms with E-state index in [0.717, 1.165) is 22.7 Å². The predicted octanol–water partition coefficient (Wildman–Crippen LogP) is 3.78. The van der Waals surface area contributed by atoms with Crippen molar-refractivity contribution >= 4 is 0 Å². The van der Waals surface area contributed by atoms with Gasteiger partial charge < -0.3 is 0 Å². The van der Waals surface area contributed by atoms with E-state index in [2.05, 4.69) is 19.6 Å². The molecule has 3 fully saturated rings. The van der Waals surface area contributed by atoms with Gasteiger partial charge in [0.05, 0.1) is 0 Å². The second-order valence-electron chi connectivity index (χ2n) is 5.92.